The lowest BCUT2D eigenvalue weighted by molar-refractivity contribution is 0.00446. The summed E-state index contributed by atoms with van der Waals surface area (Å²) in [4.78, 5) is 20.7. The van der Waals surface area contributed by atoms with Gasteiger partial charge in [-0.25, -0.2) is 9.97 Å². The minimum atomic E-state index is -1.03. The van der Waals surface area contributed by atoms with E-state index in [1.54, 1.807) is 12.4 Å². The average Bonchev–Trinajstić information content (AvgIpc) is 3.41. The van der Waals surface area contributed by atoms with Crippen LogP contribution in [-0.4, -0.2) is 97.2 Å². The number of aromatic nitrogens is 4. The number of aliphatic hydroxyl groups is 3. The van der Waals surface area contributed by atoms with Crippen molar-refractivity contribution >= 4 is 33.3 Å². The van der Waals surface area contributed by atoms with Gasteiger partial charge in [0.1, 0.15) is 22.4 Å². The number of pyridine rings is 1. The second-order valence-corrected chi connectivity index (χ2v) is 11.2. The van der Waals surface area contributed by atoms with Crippen molar-refractivity contribution in [1.29, 1.82) is 0 Å². The van der Waals surface area contributed by atoms with Crippen LogP contribution in [0.4, 0.5) is 11.8 Å². The molecule has 3 aromatic heterocycles. The molecule has 0 radical (unpaired) electrons. The van der Waals surface area contributed by atoms with Gasteiger partial charge < -0.3 is 36.6 Å². The number of rotatable bonds is 7. The van der Waals surface area contributed by atoms with E-state index in [2.05, 4.69) is 27.6 Å². The predicted molar refractivity (Wildman–Crippen MR) is 140 cm³/mol. The Morgan fingerprint density at radius 3 is 2.67 bits per heavy atom. The first-order chi connectivity index (χ1) is 17.3. The van der Waals surface area contributed by atoms with Crippen molar-refractivity contribution in [3.63, 3.8) is 0 Å². The monoisotopic (exact) mass is 514 g/mol. The smallest absolute Gasteiger partial charge is 0.224 e. The van der Waals surface area contributed by atoms with E-state index in [1.807, 2.05) is 13.0 Å². The van der Waals surface area contributed by atoms with Gasteiger partial charge in [0.25, 0.3) is 0 Å². The molecule has 4 heterocycles. The number of piperidine rings is 1. The molecule has 194 valence electrons. The number of hydrogen-bond acceptors (Lipinski definition) is 12. The summed E-state index contributed by atoms with van der Waals surface area (Å²) < 4.78 is 0.997. The number of likely N-dealkylation sites (tertiary alicyclic amines) is 1. The van der Waals surface area contributed by atoms with Gasteiger partial charge in [-0.1, -0.05) is 0 Å². The molecule has 0 aromatic carbocycles. The van der Waals surface area contributed by atoms with Crippen molar-refractivity contribution in [2.45, 2.75) is 50.0 Å². The van der Waals surface area contributed by atoms with Gasteiger partial charge in [-0.05, 0) is 52.4 Å². The quantitative estimate of drug-likeness (QED) is 0.264. The molecule has 12 heteroatoms. The fourth-order valence-corrected chi connectivity index (χ4v) is 6.05. The minimum absolute atomic E-state index is 0.197. The summed E-state index contributed by atoms with van der Waals surface area (Å²) >= 11 is 1.52. The van der Waals surface area contributed by atoms with Crippen LogP contribution in [0.2, 0.25) is 0 Å². The summed E-state index contributed by atoms with van der Waals surface area (Å²) in [6.07, 6.45) is 3.59. The molecule has 0 bridgehead atoms. The van der Waals surface area contributed by atoms with Crippen molar-refractivity contribution in [1.82, 2.24) is 24.8 Å². The third kappa shape index (κ3) is 5.01. The van der Waals surface area contributed by atoms with Crippen LogP contribution < -0.4 is 16.4 Å². The molecule has 4 atom stereocenters. The van der Waals surface area contributed by atoms with E-state index in [-0.39, 0.29) is 12.1 Å². The normalized spacial score (nSPS) is 26.4. The van der Waals surface area contributed by atoms with Gasteiger partial charge in [-0.3, -0.25) is 4.98 Å². The van der Waals surface area contributed by atoms with E-state index in [0.29, 0.717) is 24.7 Å². The molecule has 5 rings (SSSR count). The number of thiazole rings is 1. The fourth-order valence-electron chi connectivity index (χ4n) is 5.02. The molecular formula is C24H34N8O3S. The SMILES string of the molecule is Cc1nc(NCC2(N)CCN(C)CC2)nc(N[C@@H]2C[C@H](CO)[C@@H](O)[C@H]2O)c1-c1nc2cnccc2s1. The zero-order valence-corrected chi connectivity index (χ0v) is 21.4. The van der Waals surface area contributed by atoms with Crippen molar-refractivity contribution in [2.24, 2.45) is 11.7 Å². The summed E-state index contributed by atoms with van der Waals surface area (Å²) in [5.41, 5.74) is 8.55. The summed E-state index contributed by atoms with van der Waals surface area (Å²) in [6.45, 7) is 4.15. The van der Waals surface area contributed by atoms with Crippen LogP contribution >= 0.6 is 11.3 Å². The Balaban J connectivity index is 1.47. The average molecular weight is 515 g/mol. The second-order valence-electron chi connectivity index (χ2n) is 10.1. The lowest BCUT2D eigenvalue weighted by atomic mass is 9.89. The number of nitrogens with one attached hydrogen (secondary N) is 2. The lowest BCUT2D eigenvalue weighted by Crippen LogP contribution is -2.53. The third-order valence-corrected chi connectivity index (χ3v) is 8.49. The lowest BCUT2D eigenvalue weighted by Gasteiger charge is -2.37. The number of fused-ring (bicyclic) bond motifs is 1. The minimum Gasteiger partial charge on any atom is -0.396 e. The molecule has 0 spiro atoms. The maximum Gasteiger partial charge on any atom is 0.224 e. The maximum absolute atomic E-state index is 10.6. The largest absolute Gasteiger partial charge is 0.396 e. The number of aliphatic hydroxyl groups excluding tert-OH is 3. The van der Waals surface area contributed by atoms with Crippen LogP contribution in [0.5, 0.6) is 0 Å². The number of nitrogens with zero attached hydrogens (tertiary/aromatic N) is 5. The van der Waals surface area contributed by atoms with Crippen LogP contribution in [-0.2, 0) is 0 Å². The third-order valence-electron chi connectivity index (χ3n) is 7.43. The number of hydrogen-bond donors (Lipinski definition) is 6. The molecule has 2 aliphatic rings. The summed E-state index contributed by atoms with van der Waals surface area (Å²) in [5, 5.41) is 38.0. The molecule has 2 fully saturated rings. The van der Waals surface area contributed by atoms with Crippen LogP contribution in [0.3, 0.4) is 0 Å². The highest BCUT2D eigenvalue weighted by Crippen LogP contribution is 2.38. The Morgan fingerprint density at radius 1 is 1.19 bits per heavy atom. The van der Waals surface area contributed by atoms with Gasteiger partial charge in [0.05, 0.1) is 34.3 Å². The first-order valence-electron chi connectivity index (χ1n) is 12.3. The Morgan fingerprint density at radius 2 is 1.97 bits per heavy atom. The van der Waals surface area contributed by atoms with Crippen molar-refractivity contribution in [2.75, 3.05) is 43.9 Å². The van der Waals surface area contributed by atoms with E-state index >= 15 is 0 Å². The molecule has 1 saturated heterocycles. The highest BCUT2D eigenvalue weighted by atomic mass is 32.1. The number of nitrogens with two attached hydrogens (primary N) is 1. The van der Waals surface area contributed by atoms with Gasteiger partial charge in [0.15, 0.2) is 0 Å². The van der Waals surface area contributed by atoms with E-state index in [1.165, 1.54) is 11.3 Å². The molecule has 1 aliphatic heterocycles. The first-order valence-corrected chi connectivity index (χ1v) is 13.1. The summed E-state index contributed by atoms with van der Waals surface area (Å²) in [7, 11) is 2.10. The molecular weight excluding hydrogens is 480 g/mol. The Kier molecular flexibility index (Phi) is 7.07. The molecule has 1 aliphatic carbocycles. The second kappa shape index (κ2) is 10.1. The Bertz CT molecular complexity index is 1180. The highest BCUT2D eigenvalue weighted by Gasteiger charge is 2.41. The van der Waals surface area contributed by atoms with E-state index in [0.717, 1.165) is 52.4 Å². The van der Waals surface area contributed by atoms with Gasteiger partial charge >= 0.3 is 0 Å². The van der Waals surface area contributed by atoms with Gasteiger partial charge in [0, 0.05) is 30.8 Å². The van der Waals surface area contributed by atoms with Crippen LogP contribution in [0.15, 0.2) is 18.5 Å². The Labute approximate surface area is 213 Å². The zero-order valence-electron chi connectivity index (χ0n) is 20.6. The predicted octanol–water partition coefficient (Wildman–Crippen LogP) is 0.806. The van der Waals surface area contributed by atoms with Crippen LogP contribution in [0.1, 0.15) is 25.0 Å². The molecule has 7 N–H and O–H groups in total. The molecule has 3 aromatic rings. The van der Waals surface area contributed by atoms with Gasteiger partial charge in [-0.2, -0.15) is 4.98 Å². The molecule has 11 nitrogen and oxygen atoms in total. The van der Waals surface area contributed by atoms with Crippen LogP contribution in [0, 0.1) is 12.8 Å². The van der Waals surface area contributed by atoms with E-state index in [4.69, 9.17) is 20.7 Å². The molecule has 36 heavy (non-hydrogen) atoms. The summed E-state index contributed by atoms with van der Waals surface area (Å²) in [6, 6.07) is 1.44. The maximum atomic E-state index is 10.6. The molecule has 0 amide bonds. The highest BCUT2D eigenvalue weighted by molar-refractivity contribution is 7.21. The van der Waals surface area contributed by atoms with Gasteiger partial charge in [0.2, 0.25) is 5.95 Å². The number of anilines is 2. The van der Waals surface area contributed by atoms with Gasteiger partial charge in [-0.15, -0.1) is 11.3 Å². The van der Waals surface area contributed by atoms with Crippen molar-refractivity contribution < 1.29 is 15.3 Å². The Hall–Kier alpha value is -2.48. The van der Waals surface area contributed by atoms with E-state index in [9.17, 15) is 15.3 Å². The molecule has 1 saturated carbocycles. The number of aryl methyl sites for hydroxylation is 1. The van der Waals surface area contributed by atoms with Crippen LogP contribution in [0.25, 0.3) is 20.8 Å². The topological polar surface area (TPSA) is 166 Å². The zero-order chi connectivity index (χ0) is 25.4. The fraction of sp³-hybridized carbons (Fsp3) is 0.583. The van der Waals surface area contributed by atoms with Crippen molar-refractivity contribution in [3.8, 4) is 10.6 Å². The van der Waals surface area contributed by atoms with E-state index < -0.39 is 24.2 Å². The first kappa shape index (κ1) is 25.2. The molecule has 0 unspecified atom stereocenters. The van der Waals surface area contributed by atoms with Crippen molar-refractivity contribution in [3.05, 3.63) is 24.2 Å². The summed E-state index contributed by atoms with van der Waals surface area (Å²) in [5.74, 6) is 0.551. The standard InChI is InChI=1S/C24H34N8O3S/c1-13-18(22-30-16-10-26-6-3-17(16)36-22)21(29-15-9-14(11-33)19(34)20(15)35)31-23(28-13)27-12-24(25)4-7-32(2)8-5-24/h3,6,10,14-15,19-20,33-35H,4-5,7-9,11-12,25H2,1-2H3,(H2,27,28,29,31)/t14-,15-,19-,20+/m1/s1.